The van der Waals surface area contributed by atoms with Crippen molar-refractivity contribution in [3.63, 3.8) is 0 Å². The third-order valence-corrected chi connectivity index (χ3v) is 5.84. The molecular weight excluding hydrogens is 339 g/mol. The predicted molar refractivity (Wildman–Crippen MR) is 91.5 cm³/mol. The Morgan fingerprint density at radius 2 is 1.65 bits per heavy atom. The molecule has 0 heterocycles. The third-order valence-electron chi connectivity index (χ3n) is 3.10. The Bertz CT molecular complexity index is 526. The standard InChI is InChI=1S/C16H24ClO5P/c1-4-20-16(21-5-2)23(19,22-6-3)12-11-15(18)13-7-9-14(17)10-8-13/h7-10,16H,4-6,11-12H2,1-3H3. The van der Waals surface area contributed by atoms with Gasteiger partial charge in [-0.2, -0.15) is 0 Å². The number of rotatable bonds is 11. The molecule has 0 aromatic heterocycles. The monoisotopic (exact) mass is 362 g/mol. The number of ether oxygens (including phenoxy) is 2. The summed E-state index contributed by atoms with van der Waals surface area (Å²) in [5.74, 6) is -0.117. The molecule has 1 atom stereocenters. The average molecular weight is 363 g/mol. The number of hydrogen-bond acceptors (Lipinski definition) is 5. The molecule has 1 aromatic rings. The molecular formula is C16H24ClO5P. The number of Topliss-reactive ketones (excluding diaryl/α,β-unsaturated/α-hetero) is 1. The lowest BCUT2D eigenvalue weighted by molar-refractivity contribution is -0.0888. The van der Waals surface area contributed by atoms with Crippen LogP contribution in [0.4, 0.5) is 0 Å². The molecule has 7 heteroatoms. The topological polar surface area (TPSA) is 61.8 Å². The highest BCUT2D eigenvalue weighted by molar-refractivity contribution is 7.59. The second kappa shape index (κ2) is 10.2. The number of carbonyl (C=O) groups excluding carboxylic acids is 1. The second-order valence-corrected chi connectivity index (χ2v) is 7.78. The number of hydrogen-bond donors (Lipinski definition) is 0. The van der Waals surface area contributed by atoms with Gasteiger partial charge in [0.15, 0.2) is 5.78 Å². The van der Waals surface area contributed by atoms with Crippen molar-refractivity contribution in [3.05, 3.63) is 34.9 Å². The SMILES string of the molecule is CCOC(OCC)P(=O)(CCC(=O)c1ccc(Cl)cc1)OCC. The van der Waals surface area contributed by atoms with E-state index >= 15 is 0 Å². The highest BCUT2D eigenvalue weighted by Crippen LogP contribution is 2.53. The molecule has 0 N–H and O–H groups in total. The van der Waals surface area contributed by atoms with Crippen molar-refractivity contribution in [1.29, 1.82) is 0 Å². The minimum Gasteiger partial charge on any atom is -0.345 e. The Morgan fingerprint density at radius 3 is 2.13 bits per heavy atom. The minimum absolute atomic E-state index is 0.0764. The van der Waals surface area contributed by atoms with Crippen LogP contribution in [0.15, 0.2) is 24.3 Å². The first-order chi connectivity index (χ1) is 11.0. The molecule has 0 aliphatic heterocycles. The van der Waals surface area contributed by atoms with Crippen molar-refractivity contribution in [2.24, 2.45) is 0 Å². The molecule has 23 heavy (non-hydrogen) atoms. The molecule has 0 amide bonds. The Balaban J connectivity index is 2.79. The highest BCUT2D eigenvalue weighted by Gasteiger charge is 2.36. The first-order valence-corrected chi connectivity index (χ1v) is 9.97. The lowest BCUT2D eigenvalue weighted by Gasteiger charge is -2.26. The summed E-state index contributed by atoms with van der Waals surface area (Å²) in [5.41, 5.74) is 0.529. The number of ketones is 1. The van der Waals surface area contributed by atoms with Crippen molar-refractivity contribution in [1.82, 2.24) is 0 Å². The summed E-state index contributed by atoms with van der Waals surface area (Å²) in [4.78, 5) is 12.2. The number of halogens is 1. The van der Waals surface area contributed by atoms with E-state index in [9.17, 15) is 9.36 Å². The van der Waals surface area contributed by atoms with Gasteiger partial charge in [0.05, 0.1) is 6.61 Å². The van der Waals surface area contributed by atoms with Crippen LogP contribution in [0.5, 0.6) is 0 Å². The van der Waals surface area contributed by atoms with Gasteiger partial charge < -0.3 is 14.0 Å². The molecule has 0 spiro atoms. The van der Waals surface area contributed by atoms with Crippen molar-refractivity contribution < 1.29 is 23.4 Å². The zero-order valence-corrected chi connectivity index (χ0v) is 15.4. The van der Waals surface area contributed by atoms with Crippen molar-refractivity contribution in [2.75, 3.05) is 26.0 Å². The van der Waals surface area contributed by atoms with Crippen molar-refractivity contribution >= 4 is 24.8 Å². The van der Waals surface area contributed by atoms with Crippen LogP contribution >= 0.6 is 19.0 Å². The maximum atomic E-state index is 13.0. The lowest BCUT2D eigenvalue weighted by atomic mass is 10.1. The Labute approximate surface area is 142 Å². The van der Waals surface area contributed by atoms with Gasteiger partial charge in [0.1, 0.15) is 0 Å². The summed E-state index contributed by atoms with van der Waals surface area (Å²) in [7, 11) is -3.24. The Morgan fingerprint density at radius 1 is 1.09 bits per heavy atom. The summed E-state index contributed by atoms with van der Waals surface area (Å²) in [6, 6.07) is 5.67. The summed E-state index contributed by atoms with van der Waals surface area (Å²) in [6.07, 6.45) is 0.169. The van der Waals surface area contributed by atoms with Crippen LogP contribution in [0.1, 0.15) is 37.6 Å². The smallest absolute Gasteiger partial charge is 0.258 e. The normalized spacial score (nSPS) is 14.0. The Kier molecular flexibility index (Phi) is 9.03. The maximum Gasteiger partial charge on any atom is 0.258 e. The van der Waals surface area contributed by atoms with Crippen LogP contribution in [-0.4, -0.2) is 37.8 Å². The van der Waals surface area contributed by atoms with Gasteiger partial charge in [-0.25, -0.2) is 0 Å². The van der Waals surface area contributed by atoms with Gasteiger partial charge >= 0.3 is 0 Å². The molecule has 0 radical (unpaired) electrons. The molecule has 0 fully saturated rings. The second-order valence-electron chi connectivity index (χ2n) is 4.77. The molecule has 0 aliphatic carbocycles. The van der Waals surface area contributed by atoms with E-state index in [1.807, 2.05) is 0 Å². The van der Waals surface area contributed by atoms with E-state index in [0.29, 0.717) is 23.8 Å². The van der Waals surface area contributed by atoms with Gasteiger partial charge in [-0.1, -0.05) is 11.6 Å². The first-order valence-electron chi connectivity index (χ1n) is 7.72. The molecule has 130 valence electrons. The summed E-state index contributed by atoms with van der Waals surface area (Å²) in [5, 5.41) is 0.564. The van der Waals surface area contributed by atoms with E-state index in [-0.39, 0.29) is 25.0 Å². The third kappa shape index (κ3) is 6.36. The number of carbonyl (C=O) groups is 1. The van der Waals surface area contributed by atoms with Crippen LogP contribution < -0.4 is 0 Å². The quantitative estimate of drug-likeness (QED) is 0.327. The van der Waals surface area contributed by atoms with Crippen LogP contribution in [0, 0.1) is 0 Å². The van der Waals surface area contributed by atoms with E-state index in [0.717, 1.165) is 0 Å². The number of benzene rings is 1. The summed E-state index contributed by atoms with van der Waals surface area (Å²) < 4.78 is 29.3. The van der Waals surface area contributed by atoms with E-state index < -0.39 is 13.4 Å². The van der Waals surface area contributed by atoms with Gasteiger partial charge in [0.25, 0.3) is 7.37 Å². The van der Waals surface area contributed by atoms with Gasteiger partial charge in [0, 0.05) is 36.4 Å². The van der Waals surface area contributed by atoms with Crippen molar-refractivity contribution in [2.45, 2.75) is 33.2 Å². The average Bonchev–Trinajstić information content (AvgIpc) is 2.53. The molecule has 1 rings (SSSR count). The summed E-state index contributed by atoms with van der Waals surface area (Å²) in [6.45, 7) is 6.31. The molecule has 0 aliphatic rings. The molecule has 0 saturated heterocycles. The van der Waals surface area contributed by atoms with Gasteiger partial charge in [-0.15, -0.1) is 0 Å². The predicted octanol–water partition coefficient (Wildman–Crippen LogP) is 4.58. The van der Waals surface area contributed by atoms with Crippen LogP contribution in [-0.2, 0) is 18.6 Å². The first kappa shape index (κ1) is 20.3. The van der Waals surface area contributed by atoms with Gasteiger partial charge in [-0.05, 0) is 45.0 Å². The Hall–Kier alpha value is -0.710. The molecule has 1 unspecified atom stereocenters. The van der Waals surface area contributed by atoms with Crippen molar-refractivity contribution in [3.8, 4) is 0 Å². The van der Waals surface area contributed by atoms with Crippen LogP contribution in [0.25, 0.3) is 0 Å². The van der Waals surface area contributed by atoms with Gasteiger partial charge in [-0.3, -0.25) is 9.36 Å². The largest absolute Gasteiger partial charge is 0.345 e. The zero-order valence-electron chi connectivity index (χ0n) is 13.8. The van der Waals surface area contributed by atoms with E-state index in [1.165, 1.54) is 0 Å². The fraction of sp³-hybridized carbons (Fsp3) is 0.562. The van der Waals surface area contributed by atoms with E-state index in [2.05, 4.69) is 0 Å². The van der Waals surface area contributed by atoms with Crippen LogP contribution in [0.2, 0.25) is 5.02 Å². The lowest BCUT2D eigenvalue weighted by Crippen LogP contribution is -2.22. The molecule has 1 aromatic carbocycles. The van der Waals surface area contributed by atoms with Crippen LogP contribution in [0.3, 0.4) is 0 Å². The van der Waals surface area contributed by atoms with Gasteiger partial charge in [0.2, 0.25) is 6.03 Å². The maximum absolute atomic E-state index is 13.0. The molecule has 5 nitrogen and oxygen atoms in total. The van der Waals surface area contributed by atoms with E-state index in [1.54, 1.807) is 45.0 Å². The highest BCUT2D eigenvalue weighted by atomic mass is 35.5. The van der Waals surface area contributed by atoms with E-state index in [4.69, 9.17) is 25.6 Å². The molecule has 0 bridgehead atoms. The fourth-order valence-corrected chi connectivity index (χ4v) is 4.34. The fourth-order valence-electron chi connectivity index (χ4n) is 2.05. The minimum atomic E-state index is -3.24. The molecule has 0 saturated carbocycles. The summed E-state index contributed by atoms with van der Waals surface area (Å²) >= 11 is 5.81. The zero-order chi connectivity index (χ0) is 17.3.